The Labute approximate surface area is 92.8 Å². The lowest BCUT2D eigenvalue weighted by Crippen LogP contribution is -2.16. The zero-order valence-corrected chi connectivity index (χ0v) is 9.47. The van der Waals surface area contributed by atoms with Crippen LogP contribution in [-0.4, -0.2) is 21.7 Å². The number of hydrogen-bond acceptors (Lipinski definition) is 4. The molecule has 0 spiro atoms. The number of thiazole rings is 1. The molecule has 0 aliphatic carbocycles. The Morgan fingerprint density at radius 3 is 3.13 bits per heavy atom. The molecule has 0 aliphatic rings. The van der Waals surface area contributed by atoms with Gasteiger partial charge in [-0.1, -0.05) is 0 Å². The highest BCUT2D eigenvalue weighted by Gasteiger charge is 1.98. The second-order valence-corrected chi connectivity index (χ2v) is 4.33. The van der Waals surface area contributed by atoms with E-state index in [9.17, 15) is 0 Å². The minimum atomic E-state index is 0.838. The highest BCUT2D eigenvalue weighted by Crippen LogP contribution is 2.08. The Morgan fingerprint density at radius 2 is 2.47 bits per heavy atom. The van der Waals surface area contributed by atoms with E-state index in [1.54, 1.807) is 17.5 Å². The fourth-order valence-electron chi connectivity index (χ4n) is 1.32. The summed E-state index contributed by atoms with van der Waals surface area (Å²) in [5, 5.41) is 13.4. The van der Waals surface area contributed by atoms with Gasteiger partial charge in [0.2, 0.25) is 0 Å². The van der Waals surface area contributed by atoms with Crippen LogP contribution in [0.1, 0.15) is 16.4 Å². The average Bonchev–Trinajstić information content (AvgIpc) is 2.84. The van der Waals surface area contributed by atoms with Crippen LogP contribution in [0.2, 0.25) is 0 Å². The van der Waals surface area contributed by atoms with E-state index in [4.69, 9.17) is 0 Å². The highest BCUT2D eigenvalue weighted by atomic mass is 32.1. The number of H-pyrrole nitrogens is 1. The summed E-state index contributed by atoms with van der Waals surface area (Å²) in [6.07, 6.45) is 2.76. The zero-order chi connectivity index (χ0) is 10.5. The molecular weight excluding hydrogens is 208 g/mol. The minimum Gasteiger partial charge on any atom is -0.311 e. The van der Waals surface area contributed by atoms with Crippen molar-refractivity contribution in [2.24, 2.45) is 0 Å². The molecule has 15 heavy (non-hydrogen) atoms. The maximum Gasteiger partial charge on any atom is 0.0940 e. The predicted octanol–water partition coefficient (Wildman–Crippen LogP) is 1.51. The molecule has 2 aromatic heterocycles. The van der Waals surface area contributed by atoms with E-state index in [0.717, 1.165) is 30.9 Å². The molecule has 2 rings (SSSR count). The first kappa shape index (κ1) is 10.3. The van der Waals surface area contributed by atoms with Crippen molar-refractivity contribution in [3.63, 3.8) is 0 Å². The Kier molecular flexibility index (Phi) is 3.47. The van der Waals surface area contributed by atoms with E-state index >= 15 is 0 Å². The average molecular weight is 222 g/mol. The number of aryl methyl sites for hydroxylation is 1. The number of nitrogens with one attached hydrogen (secondary N) is 2. The van der Waals surface area contributed by atoms with E-state index in [1.807, 2.05) is 13.0 Å². The van der Waals surface area contributed by atoms with Crippen LogP contribution in [0.4, 0.5) is 0 Å². The SMILES string of the molecule is Cc1csc(CCNCc2ccn[nH]2)n1. The number of aromatic amines is 1. The smallest absolute Gasteiger partial charge is 0.0940 e. The van der Waals surface area contributed by atoms with Gasteiger partial charge in [-0.25, -0.2) is 4.98 Å². The van der Waals surface area contributed by atoms with Gasteiger partial charge in [-0.05, 0) is 13.0 Å². The number of rotatable bonds is 5. The van der Waals surface area contributed by atoms with E-state index in [1.165, 1.54) is 5.01 Å². The van der Waals surface area contributed by atoms with Crippen molar-refractivity contribution in [3.8, 4) is 0 Å². The van der Waals surface area contributed by atoms with Crippen molar-refractivity contribution in [2.45, 2.75) is 19.9 Å². The van der Waals surface area contributed by atoms with Gasteiger partial charge in [-0.15, -0.1) is 11.3 Å². The monoisotopic (exact) mass is 222 g/mol. The predicted molar refractivity (Wildman–Crippen MR) is 60.8 cm³/mol. The molecule has 0 fully saturated rings. The van der Waals surface area contributed by atoms with Crippen molar-refractivity contribution < 1.29 is 0 Å². The first-order valence-corrected chi connectivity index (χ1v) is 5.82. The number of hydrogen-bond donors (Lipinski definition) is 2. The van der Waals surface area contributed by atoms with Gasteiger partial charge in [0.1, 0.15) is 0 Å². The largest absolute Gasteiger partial charge is 0.311 e. The molecule has 0 bridgehead atoms. The first-order chi connectivity index (χ1) is 7.34. The quantitative estimate of drug-likeness (QED) is 0.754. The molecule has 2 aromatic rings. The molecule has 2 N–H and O–H groups in total. The van der Waals surface area contributed by atoms with Gasteiger partial charge >= 0.3 is 0 Å². The fourth-order valence-corrected chi connectivity index (χ4v) is 2.09. The standard InChI is InChI=1S/C10H14N4S/c1-8-7-15-10(13-8)3-4-11-6-9-2-5-12-14-9/h2,5,7,11H,3-4,6H2,1H3,(H,12,14). The van der Waals surface area contributed by atoms with Gasteiger partial charge in [-0.2, -0.15) is 5.10 Å². The molecule has 0 unspecified atom stereocenters. The summed E-state index contributed by atoms with van der Waals surface area (Å²) < 4.78 is 0. The van der Waals surface area contributed by atoms with Crippen molar-refractivity contribution in [1.29, 1.82) is 0 Å². The summed E-state index contributed by atoms with van der Waals surface area (Å²) in [7, 11) is 0. The molecule has 0 aliphatic heterocycles. The Balaban J connectivity index is 1.67. The van der Waals surface area contributed by atoms with Gasteiger partial charge < -0.3 is 5.32 Å². The Morgan fingerprint density at radius 1 is 1.53 bits per heavy atom. The molecule has 0 saturated heterocycles. The molecule has 0 saturated carbocycles. The van der Waals surface area contributed by atoms with Crippen molar-refractivity contribution >= 4 is 11.3 Å². The van der Waals surface area contributed by atoms with Crippen LogP contribution >= 0.6 is 11.3 Å². The maximum atomic E-state index is 4.40. The molecule has 0 atom stereocenters. The number of nitrogens with zero attached hydrogens (tertiary/aromatic N) is 2. The van der Waals surface area contributed by atoms with Gasteiger partial charge in [0.05, 0.1) is 5.01 Å². The van der Waals surface area contributed by atoms with Gasteiger partial charge in [0, 0.05) is 42.5 Å². The van der Waals surface area contributed by atoms with Crippen LogP contribution < -0.4 is 5.32 Å². The van der Waals surface area contributed by atoms with Crippen LogP contribution in [0.3, 0.4) is 0 Å². The summed E-state index contributed by atoms with van der Waals surface area (Å²) in [6, 6.07) is 1.97. The Bertz CT molecular complexity index is 393. The van der Waals surface area contributed by atoms with Crippen LogP contribution in [-0.2, 0) is 13.0 Å². The second-order valence-electron chi connectivity index (χ2n) is 3.39. The Hall–Kier alpha value is -1.20. The lowest BCUT2D eigenvalue weighted by atomic mass is 10.4. The van der Waals surface area contributed by atoms with Gasteiger partial charge in [0.25, 0.3) is 0 Å². The summed E-state index contributed by atoms with van der Waals surface area (Å²) in [5.41, 5.74) is 2.23. The van der Waals surface area contributed by atoms with Crippen LogP contribution in [0.15, 0.2) is 17.6 Å². The van der Waals surface area contributed by atoms with E-state index in [2.05, 4.69) is 25.9 Å². The molecule has 2 heterocycles. The topological polar surface area (TPSA) is 53.6 Å². The first-order valence-electron chi connectivity index (χ1n) is 4.94. The van der Waals surface area contributed by atoms with Crippen molar-refractivity contribution in [1.82, 2.24) is 20.5 Å². The third-order valence-electron chi connectivity index (χ3n) is 2.06. The van der Waals surface area contributed by atoms with Gasteiger partial charge in [0.15, 0.2) is 0 Å². The van der Waals surface area contributed by atoms with Crippen LogP contribution in [0, 0.1) is 6.92 Å². The highest BCUT2D eigenvalue weighted by molar-refractivity contribution is 7.09. The van der Waals surface area contributed by atoms with Crippen LogP contribution in [0.5, 0.6) is 0 Å². The summed E-state index contributed by atoms with van der Waals surface area (Å²) in [5.74, 6) is 0. The van der Waals surface area contributed by atoms with Crippen molar-refractivity contribution in [2.75, 3.05) is 6.54 Å². The van der Waals surface area contributed by atoms with Crippen LogP contribution in [0.25, 0.3) is 0 Å². The molecule has 5 heteroatoms. The summed E-state index contributed by atoms with van der Waals surface area (Å²) >= 11 is 1.73. The van der Waals surface area contributed by atoms with E-state index < -0.39 is 0 Å². The minimum absolute atomic E-state index is 0.838. The third kappa shape index (κ3) is 3.14. The summed E-state index contributed by atoms with van der Waals surface area (Å²) in [6.45, 7) is 3.81. The number of aromatic nitrogens is 3. The zero-order valence-electron chi connectivity index (χ0n) is 8.66. The molecule has 80 valence electrons. The van der Waals surface area contributed by atoms with Gasteiger partial charge in [-0.3, -0.25) is 5.10 Å². The molecule has 0 aromatic carbocycles. The van der Waals surface area contributed by atoms with E-state index in [0.29, 0.717) is 0 Å². The third-order valence-corrected chi connectivity index (χ3v) is 3.08. The lowest BCUT2D eigenvalue weighted by molar-refractivity contribution is 0.671. The summed E-state index contributed by atoms with van der Waals surface area (Å²) in [4.78, 5) is 4.40. The molecular formula is C10H14N4S. The van der Waals surface area contributed by atoms with E-state index in [-0.39, 0.29) is 0 Å². The molecule has 4 nitrogen and oxygen atoms in total. The van der Waals surface area contributed by atoms with Crippen molar-refractivity contribution in [3.05, 3.63) is 34.0 Å². The maximum absolute atomic E-state index is 4.40. The lowest BCUT2D eigenvalue weighted by Gasteiger charge is -2.00. The molecule has 0 radical (unpaired) electrons. The normalized spacial score (nSPS) is 10.7. The molecule has 0 amide bonds. The fraction of sp³-hybridized carbons (Fsp3) is 0.400. The second kappa shape index (κ2) is 5.04.